The summed E-state index contributed by atoms with van der Waals surface area (Å²) >= 11 is 0. The van der Waals surface area contributed by atoms with Crippen LogP contribution in [-0.2, 0) is 4.79 Å². The maximum atomic E-state index is 12.9. The molecule has 0 atom stereocenters. The summed E-state index contributed by atoms with van der Waals surface area (Å²) in [6.45, 7) is 3.48. The van der Waals surface area contributed by atoms with Crippen molar-refractivity contribution < 1.29 is 9.90 Å². The van der Waals surface area contributed by atoms with Crippen molar-refractivity contribution in [3.8, 4) is 11.6 Å². The van der Waals surface area contributed by atoms with E-state index in [0.717, 1.165) is 10.1 Å². The zero-order valence-electron chi connectivity index (χ0n) is 16.3. The van der Waals surface area contributed by atoms with E-state index in [9.17, 15) is 19.5 Å². The molecule has 30 heavy (non-hydrogen) atoms. The van der Waals surface area contributed by atoms with Gasteiger partial charge in [0.05, 0.1) is 22.7 Å². The molecule has 4 rings (SSSR count). The molecule has 1 aromatic heterocycles. The summed E-state index contributed by atoms with van der Waals surface area (Å²) in [5.74, 6) is -0.994. The normalized spacial score (nSPS) is 15.0. The Labute approximate surface area is 171 Å². The van der Waals surface area contributed by atoms with Crippen LogP contribution in [0.25, 0.3) is 11.8 Å². The first-order valence-corrected chi connectivity index (χ1v) is 9.19. The monoisotopic (exact) mass is 402 g/mol. The maximum Gasteiger partial charge on any atom is 0.335 e. The van der Waals surface area contributed by atoms with Gasteiger partial charge in [-0.05, 0) is 49.8 Å². The van der Waals surface area contributed by atoms with Gasteiger partial charge in [0.25, 0.3) is 11.5 Å². The first-order valence-electron chi connectivity index (χ1n) is 9.19. The summed E-state index contributed by atoms with van der Waals surface area (Å²) in [6, 6.07) is 15.8. The zero-order chi connectivity index (χ0) is 21.4. The lowest BCUT2D eigenvalue weighted by molar-refractivity contribution is -0.114. The molecule has 0 spiro atoms. The number of aryl methyl sites for hydroxylation is 1. The van der Waals surface area contributed by atoms with Gasteiger partial charge in [0.1, 0.15) is 5.56 Å². The minimum absolute atomic E-state index is 0.147. The van der Waals surface area contributed by atoms with Gasteiger partial charge in [0.15, 0.2) is 0 Å². The molecule has 2 aromatic carbocycles. The Bertz CT molecular complexity index is 1330. The molecule has 3 aromatic rings. The number of aromatic nitrogens is 2. The van der Waals surface area contributed by atoms with Crippen LogP contribution >= 0.6 is 0 Å². The zero-order valence-corrected chi connectivity index (χ0v) is 16.3. The van der Waals surface area contributed by atoms with Crippen LogP contribution in [0.4, 0.5) is 5.69 Å². The third-order valence-corrected chi connectivity index (χ3v) is 4.73. The predicted octanol–water partition coefficient (Wildman–Crippen LogP) is 2.35. The number of hydrogen-bond acceptors (Lipinski definition) is 5. The lowest BCUT2D eigenvalue weighted by Gasteiger charge is -2.12. The highest BCUT2D eigenvalue weighted by Gasteiger charge is 2.29. The van der Waals surface area contributed by atoms with Gasteiger partial charge >= 0.3 is 5.69 Å². The molecule has 0 bridgehead atoms. The summed E-state index contributed by atoms with van der Waals surface area (Å²) in [5, 5.41) is 16.2. The first-order chi connectivity index (χ1) is 14.4. The quantitative estimate of drug-likeness (QED) is 0.656. The number of benzene rings is 2. The fourth-order valence-electron chi connectivity index (χ4n) is 3.25. The highest BCUT2D eigenvalue weighted by Crippen LogP contribution is 2.26. The Balaban J connectivity index is 1.84. The molecule has 2 heterocycles. The summed E-state index contributed by atoms with van der Waals surface area (Å²) in [5.41, 5.74) is 0.592. The van der Waals surface area contributed by atoms with Gasteiger partial charge in [-0.1, -0.05) is 30.3 Å². The highest BCUT2D eigenvalue weighted by molar-refractivity contribution is 6.32. The number of aromatic hydroxyl groups is 1. The van der Waals surface area contributed by atoms with E-state index in [-0.39, 0.29) is 11.1 Å². The number of hydrazone groups is 1. The van der Waals surface area contributed by atoms with Crippen LogP contribution in [0.1, 0.15) is 18.1 Å². The van der Waals surface area contributed by atoms with Gasteiger partial charge in [-0.15, -0.1) is 0 Å². The van der Waals surface area contributed by atoms with E-state index in [0.29, 0.717) is 17.1 Å². The van der Waals surface area contributed by atoms with Gasteiger partial charge in [-0.25, -0.2) is 9.36 Å². The SMILES string of the molecule is CC1=NN(c2ccccc2)C(=O)/C1=C\c1c(O)n(-c2cccc(C)c2)c(=O)[nH]c1=O. The molecule has 8 heteroatoms. The topological polar surface area (TPSA) is 108 Å². The van der Waals surface area contributed by atoms with Crippen molar-refractivity contribution in [2.45, 2.75) is 13.8 Å². The molecule has 0 radical (unpaired) electrons. The number of amides is 1. The predicted molar refractivity (Wildman–Crippen MR) is 114 cm³/mol. The van der Waals surface area contributed by atoms with Crippen LogP contribution < -0.4 is 16.3 Å². The smallest absolute Gasteiger partial charge is 0.335 e. The third kappa shape index (κ3) is 3.24. The summed E-state index contributed by atoms with van der Waals surface area (Å²) in [6.07, 6.45) is 1.25. The Morgan fingerprint density at radius 2 is 1.67 bits per heavy atom. The fourth-order valence-corrected chi connectivity index (χ4v) is 3.25. The van der Waals surface area contributed by atoms with Crippen molar-refractivity contribution in [3.05, 3.63) is 92.1 Å². The van der Waals surface area contributed by atoms with Crippen LogP contribution in [0, 0.1) is 6.92 Å². The van der Waals surface area contributed by atoms with Crippen LogP contribution in [0.5, 0.6) is 5.88 Å². The van der Waals surface area contributed by atoms with E-state index in [1.54, 1.807) is 49.4 Å². The standard InChI is InChI=1S/C22H18N4O4/c1-13-7-6-10-16(11-13)25-20(28)18(19(27)23-22(25)30)12-17-14(2)24-26(21(17)29)15-8-4-3-5-9-15/h3-12,28H,1-2H3,(H,23,27,30)/b17-12-. The van der Waals surface area contributed by atoms with Gasteiger partial charge in [0, 0.05) is 0 Å². The molecular formula is C22H18N4O4. The fraction of sp³-hybridized carbons (Fsp3) is 0.0909. The maximum absolute atomic E-state index is 12.9. The lowest BCUT2D eigenvalue weighted by atomic mass is 10.1. The molecule has 0 aliphatic carbocycles. The Morgan fingerprint density at radius 1 is 0.967 bits per heavy atom. The van der Waals surface area contributed by atoms with Crippen LogP contribution in [0.15, 0.2) is 74.9 Å². The van der Waals surface area contributed by atoms with Crippen molar-refractivity contribution in [3.63, 3.8) is 0 Å². The molecule has 150 valence electrons. The van der Waals surface area contributed by atoms with Crippen molar-refractivity contribution in [2.75, 3.05) is 5.01 Å². The van der Waals surface area contributed by atoms with Gasteiger partial charge in [-0.3, -0.25) is 14.6 Å². The Kier molecular flexibility index (Phi) is 4.67. The van der Waals surface area contributed by atoms with Crippen LogP contribution in [0.3, 0.4) is 0 Å². The molecule has 0 unspecified atom stereocenters. The molecular weight excluding hydrogens is 384 g/mol. The number of anilines is 1. The van der Waals surface area contributed by atoms with Gasteiger partial charge in [0.2, 0.25) is 5.88 Å². The molecule has 1 aliphatic rings. The third-order valence-electron chi connectivity index (χ3n) is 4.73. The Hall–Kier alpha value is -4.20. The number of rotatable bonds is 3. The second-order valence-electron chi connectivity index (χ2n) is 6.87. The number of aromatic amines is 1. The summed E-state index contributed by atoms with van der Waals surface area (Å²) < 4.78 is 0.988. The number of carbonyl (C=O) groups excluding carboxylic acids is 1. The number of nitrogens with zero attached hydrogens (tertiary/aromatic N) is 3. The van der Waals surface area contributed by atoms with Gasteiger partial charge in [-0.2, -0.15) is 10.1 Å². The first kappa shape index (κ1) is 19.1. The molecule has 2 N–H and O–H groups in total. The molecule has 0 saturated heterocycles. The number of carbonyl (C=O) groups is 1. The Morgan fingerprint density at radius 3 is 2.37 bits per heavy atom. The second-order valence-corrected chi connectivity index (χ2v) is 6.87. The van der Waals surface area contributed by atoms with Crippen molar-refractivity contribution in [1.82, 2.24) is 9.55 Å². The molecule has 1 amide bonds. The molecule has 0 fully saturated rings. The van der Waals surface area contributed by atoms with E-state index < -0.39 is 23.0 Å². The van der Waals surface area contributed by atoms with E-state index >= 15 is 0 Å². The molecule has 8 nitrogen and oxygen atoms in total. The van der Waals surface area contributed by atoms with Gasteiger partial charge < -0.3 is 5.11 Å². The van der Waals surface area contributed by atoms with Crippen molar-refractivity contribution in [2.24, 2.45) is 5.10 Å². The average molecular weight is 402 g/mol. The number of H-pyrrole nitrogens is 1. The van der Waals surface area contributed by atoms with E-state index in [4.69, 9.17) is 0 Å². The summed E-state index contributed by atoms with van der Waals surface area (Å²) in [4.78, 5) is 39.9. The number of hydrogen-bond donors (Lipinski definition) is 2. The molecule has 0 saturated carbocycles. The average Bonchev–Trinajstić information content (AvgIpc) is 2.99. The largest absolute Gasteiger partial charge is 0.494 e. The van der Waals surface area contributed by atoms with E-state index in [1.807, 2.05) is 19.1 Å². The van der Waals surface area contributed by atoms with Crippen LogP contribution in [0.2, 0.25) is 0 Å². The summed E-state index contributed by atoms with van der Waals surface area (Å²) in [7, 11) is 0. The number of para-hydroxylation sites is 1. The van der Waals surface area contributed by atoms with Crippen molar-refractivity contribution >= 4 is 23.4 Å². The van der Waals surface area contributed by atoms with Crippen molar-refractivity contribution in [1.29, 1.82) is 0 Å². The van der Waals surface area contributed by atoms with E-state index in [1.165, 1.54) is 11.1 Å². The van der Waals surface area contributed by atoms with E-state index in [2.05, 4.69) is 10.1 Å². The lowest BCUT2D eigenvalue weighted by Crippen LogP contribution is -2.30. The molecule has 1 aliphatic heterocycles. The number of nitrogens with one attached hydrogen (secondary N) is 1. The minimum atomic E-state index is -0.798. The van der Waals surface area contributed by atoms with Crippen LogP contribution in [-0.4, -0.2) is 26.3 Å². The highest BCUT2D eigenvalue weighted by atomic mass is 16.3. The second kappa shape index (κ2) is 7.32. The minimum Gasteiger partial charge on any atom is -0.494 e.